The van der Waals surface area contributed by atoms with Crippen molar-refractivity contribution in [2.24, 2.45) is 0 Å². The van der Waals surface area contributed by atoms with E-state index in [1.807, 2.05) is 22.8 Å². The van der Waals surface area contributed by atoms with Gasteiger partial charge in [-0.2, -0.15) is 0 Å². The number of hydrogen-bond donors (Lipinski definition) is 0. The van der Waals surface area contributed by atoms with E-state index in [0.717, 1.165) is 35.2 Å². The van der Waals surface area contributed by atoms with Gasteiger partial charge in [0.15, 0.2) is 0 Å². The predicted octanol–water partition coefficient (Wildman–Crippen LogP) is 3.70. The molecule has 2 aromatic rings. The van der Waals surface area contributed by atoms with Gasteiger partial charge in [0.2, 0.25) is 0 Å². The Hall–Kier alpha value is -1.48. The van der Waals surface area contributed by atoms with Crippen molar-refractivity contribution in [3.8, 4) is 0 Å². The smallest absolute Gasteiger partial charge is 0.328 e. The number of fused-ring (bicyclic) bond motifs is 3. The lowest BCUT2D eigenvalue weighted by atomic mass is 9.96. The van der Waals surface area contributed by atoms with Crippen LogP contribution in [0.5, 0.6) is 0 Å². The van der Waals surface area contributed by atoms with Crippen LogP contribution in [0, 0.1) is 0 Å². The minimum Gasteiger partial charge on any atom is -0.330 e. The van der Waals surface area contributed by atoms with Gasteiger partial charge in [0.1, 0.15) is 0 Å². The van der Waals surface area contributed by atoms with Crippen molar-refractivity contribution in [2.75, 3.05) is 14.1 Å². The van der Waals surface area contributed by atoms with Crippen LogP contribution in [0.2, 0.25) is 5.02 Å². The van der Waals surface area contributed by atoms with Crippen LogP contribution in [0.1, 0.15) is 24.1 Å². The number of carbonyl (C=O) groups excluding carboxylic acids is 1. The second kappa shape index (κ2) is 4.57. The Labute approximate surface area is 117 Å². The number of hydrogen-bond acceptors (Lipinski definition) is 1. The second-order valence-corrected chi connectivity index (χ2v) is 5.74. The summed E-state index contributed by atoms with van der Waals surface area (Å²) in [6.07, 6.45) is 4.35. The first-order valence-corrected chi connectivity index (χ1v) is 7.01. The van der Waals surface area contributed by atoms with Crippen LogP contribution >= 0.6 is 11.6 Å². The van der Waals surface area contributed by atoms with E-state index in [1.165, 1.54) is 17.7 Å². The van der Waals surface area contributed by atoms with Crippen molar-refractivity contribution in [3.63, 3.8) is 0 Å². The monoisotopic (exact) mass is 276 g/mol. The molecular formula is C15H17ClN2O. The molecule has 0 saturated carbocycles. The minimum atomic E-state index is 0.0236. The Balaban J connectivity index is 2.33. The molecule has 1 aromatic carbocycles. The van der Waals surface area contributed by atoms with Crippen LogP contribution in [0.4, 0.5) is 4.79 Å². The molecule has 4 heteroatoms. The van der Waals surface area contributed by atoms with E-state index < -0.39 is 0 Å². The van der Waals surface area contributed by atoms with Crippen molar-refractivity contribution in [1.29, 1.82) is 0 Å². The summed E-state index contributed by atoms with van der Waals surface area (Å²) in [6.45, 7) is 0. The van der Waals surface area contributed by atoms with Gasteiger partial charge in [0, 0.05) is 30.2 Å². The summed E-state index contributed by atoms with van der Waals surface area (Å²) in [4.78, 5) is 14.1. The fourth-order valence-corrected chi connectivity index (χ4v) is 3.11. The molecule has 1 aliphatic rings. The van der Waals surface area contributed by atoms with Gasteiger partial charge in [-0.05, 0) is 49.4 Å². The quantitative estimate of drug-likeness (QED) is 0.720. The largest absolute Gasteiger partial charge is 0.330 e. The lowest BCUT2D eigenvalue weighted by Crippen LogP contribution is -2.29. The summed E-state index contributed by atoms with van der Waals surface area (Å²) < 4.78 is 1.86. The molecule has 1 aromatic heterocycles. The maximum absolute atomic E-state index is 12.4. The van der Waals surface area contributed by atoms with Crippen LogP contribution in [-0.4, -0.2) is 29.6 Å². The van der Waals surface area contributed by atoms with Crippen molar-refractivity contribution in [3.05, 3.63) is 34.5 Å². The molecule has 0 N–H and O–H groups in total. The molecule has 0 radical (unpaired) electrons. The Morgan fingerprint density at radius 3 is 2.74 bits per heavy atom. The highest BCUT2D eigenvalue weighted by Gasteiger charge is 2.24. The van der Waals surface area contributed by atoms with E-state index in [0.29, 0.717) is 0 Å². The lowest BCUT2D eigenvalue weighted by molar-refractivity contribution is 0.219. The summed E-state index contributed by atoms with van der Waals surface area (Å²) >= 11 is 6.11. The molecular weight excluding hydrogens is 260 g/mol. The fourth-order valence-electron chi connectivity index (χ4n) is 2.94. The van der Waals surface area contributed by atoms with Crippen molar-refractivity contribution in [1.82, 2.24) is 9.47 Å². The average Bonchev–Trinajstić information content (AvgIpc) is 2.72. The number of aromatic nitrogens is 1. The highest BCUT2D eigenvalue weighted by molar-refractivity contribution is 6.31. The summed E-state index contributed by atoms with van der Waals surface area (Å²) in [6, 6.07) is 5.82. The molecule has 0 aliphatic heterocycles. The summed E-state index contributed by atoms with van der Waals surface area (Å²) in [5, 5.41) is 1.87. The van der Waals surface area contributed by atoms with Crippen molar-refractivity contribution < 1.29 is 4.79 Å². The third kappa shape index (κ3) is 1.93. The van der Waals surface area contributed by atoms with Gasteiger partial charge in [-0.1, -0.05) is 11.6 Å². The van der Waals surface area contributed by atoms with E-state index in [9.17, 15) is 4.79 Å². The van der Waals surface area contributed by atoms with Crippen LogP contribution in [0.15, 0.2) is 18.2 Å². The molecule has 1 heterocycles. The Bertz CT molecular complexity index is 658. The zero-order chi connectivity index (χ0) is 13.6. The third-order valence-corrected chi connectivity index (χ3v) is 4.04. The Kier molecular flexibility index (Phi) is 3.02. The highest BCUT2D eigenvalue weighted by Crippen LogP contribution is 2.33. The highest BCUT2D eigenvalue weighted by atomic mass is 35.5. The molecule has 1 amide bonds. The van der Waals surface area contributed by atoms with Gasteiger partial charge in [0.25, 0.3) is 0 Å². The van der Waals surface area contributed by atoms with E-state index in [-0.39, 0.29) is 6.03 Å². The van der Waals surface area contributed by atoms with Gasteiger partial charge in [-0.15, -0.1) is 0 Å². The molecule has 0 atom stereocenters. The maximum Gasteiger partial charge on any atom is 0.328 e. The first-order valence-electron chi connectivity index (χ1n) is 6.63. The van der Waals surface area contributed by atoms with E-state index in [4.69, 9.17) is 11.6 Å². The molecule has 3 rings (SSSR count). The van der Waals surface area contributed by atoms with Crippen molar-refractivity contribution in [2.45, 2.75) is 25.7 Å². The van der Waals surface area contributed by atoms with E-state index in [1.54, 1.807) is 19.0 Å². The normalized spacial score (nSPS) is 14.5. The summed E-state index contributed by atoms with van der Waals surface area (Å²) in [5.74, 6) is 0. The second-order valence-electron chi connectivity index (χ2n) is 5.31. The molecule has 0 unspecified atom stereocenters. The van der Waals surface area contributed by atoms with Crippen LogP contribution in [-0.2, 0) is 12.8 Å². The zero-order valence-electron chi connectivity index (χ0n) is 11.2. The number of halogens is 1. The summed E-state index contributed by atoms with van der Waals surface area (Å²) in [5.41, 5.74) is 3.45. The Morgan fingerprint density at radius 2 is 2.00 bits per heavy atom. The number of benzene rings is 1. The van der Waals surface area contributed by atoms with Crippen LogP contribution < -0.4 is 0 Å². The number of rotatable bonds is 0. The SMILES string of the molecule is CN(C)C(=O)n1c2c(c3cc(Cl)ccc31)CCCC2. The zero-order valence-corrected chi connectivity index (χ0v) is 12.0. The maximum atomic E-state index is 12.4. The Morgan fingerprint density at radius 1 is 1.26 bits per heavy atom. The minimum absolute atomic E-state index is 0.0236. The third-order valence-electron chi connectivity index (χ3n) is 3.81. The van der Waals surface area contributed by atoms with Crippen LogP contribution in [0.3, 0.4) is 0 Å². The van der Waals surface area contributed by atoms with Gasteiger partial charge in [0.05, 0.1) is 5.52 Å². The van der Waals surface area contributed by atoms with Crippen LogP contribution in [0.25, 0.3) is 10.9 Å². The molecule has 3 nitrogen and oxygen atoms in total. The first-order chi connectivity index (χ1) is 9.09. The summed E-state index contributed by atoms with van der Waals surface area (Å²) in [7, 11) is 3.58. The fraction of sp³-hybridized carbons (Fsp3) is 0.400. The van der Waals surface area contributed by atoms with Gasteiger partial charge in [-0.3, -0.25) is 4.57 Å². The standard InChI is InChI=1S/C15H17ClN2O/c1-17(2)15(19)18-13-6-4-3-5-11(13)12-9-10(16)7-8-14(12)18/h7-9H,3-6H2,1-2H3. The average molecular weight is 277 g/mol. The van der Waals surface area contributed by atoms with Crippen molar-refractivity contribution >= 4 is 28.5 Å². The van der Waals surface area contributed by atoms with Gasteiger partial charge in [-0.25, -0.2) is 4.79 Å². The molecule has 0 bridgehead atoms. The number of aryl methyl sites for hydroxylation is 1. The first kappa shape index (κ1) is 12.5. The van der Waals surface area contributed by atoms with Gasteiger partial charge >= 0.3 is 6.03 Å². The molecule has 1 aliphatic carbocycles. The number of carbonyl (C=O) groups is 1. The van der Waals surface area contributed by atoms with E-state index in [2.05, 4.69) is 0 Å². The van der Waals surface area contributed by atoms with E-state index >= 15 is 0 Å². The predicted molar refractivity (Wildman–Crippen MR) is 78.1 cm³/mol. The molecule has 19 heavy (non-hydrogen) atoms. The molecule has 100 valence electrons. The number of amides is 1. The molecule has 0 fully saturated rings. The molecule has 0 spiro atoms. The molecule has 0 saturated heterocycles. The lowest BCUT2D eigenvalue weighted by Gasteiger charge is -2.18. The number of nitrogens with zero attached hydrogens (tertiary/aromatic N) is 2. The topological polar surface area (TPSA) is 25.2 Å². The van der Waals surface area contributed by atoms with Gasteiger partial charge < -0.3 is 4.90 Å².